The molecule has 2 aliphatic rings. The molecule has 1 aliphatic heterocycles. The Morgan fingerprint density at radius 3 is 2.51 bits per heavy atom. The van der Waals surface area contributed by atoms with E-state index in [4.69, 9.17) is 4.74 Å². The highest BCUT2D eigenvalue weighted by atomic mass is 16.5. The molecular weight excluding hydrogens is 460 g/mol. The molecule has 6 rings (SSSR count). The fourth-order valence-corrected chi connectivity index (χ4v) is 5.87. The lowest BCUT2D eigenvalue weighted by atomic mass is 9.80. The van der Waals surface area contributed by atoms with Gasteiger partial charge in [-0.3, -0.25) is 9.78 Å². The minimum atomic E-state index is -0.597. The van der Waals surface area contributed by atoms with E-state index in [0.717, 1.165) is 61.0 Å². The van der Waals surface area contributed by atoms with Gasteiger partial charge in [0, 0.05) is 29.6 Å². The van der Waals surface area contributed by atoms with Crippen molar-refractivity contribution in [2.75, 3.05) is 26.2 Å². The van der Waals surface area contributed by atoms with Gasteiger partial charge in [0.1, 0.15) is 18.5 Å². The summed E-state index contributed by atoms with van der Waals surface area (Å²) in [6.07, 6.45) is 4.55. The summed E-state index contributed by atoms with van der Waals surface area (Å²) >= 11 is 0. The van der Waals surface area contributed by atoms with Gasteiger partial charge in [-0.25, -0.2) is 0 Å². The van der Waals surface area contributed by atoms with Crippen LogP contribution in [0.2, 0.25) is 0 Å². The van der Waals surface area contributed by atoms with Crippen LogP contribution in [0, 0.1) is 5.92 Å². The number of carbonyl (C=O) groups excluding carboxylic acids is 1. The standard InChI is InChI=1S/C32H32N2O3/c35-26(21-37-31-12-4-11-30-28(31)10-5-15-33-30)20-34-16-13-22(14-17-34)32(36)27-9-3-8-25-18-23-6-1-2-7-24(23)19-29(25)27/h1-12,15,22,26,35H,13-14,16-21H2. The van der Waals surface area contributed by atoms with E-state index in [1.54, 1.807) is 6.20 Å². The molecule has 0 saturated carbocycles. The summed E-state index contributed by atoms with van der Waals surface area (Å²) in [5, 5.41) is 11.6. The third-order valence-electron chi connectivity index (χ3n) is 7.87. The first-order valence-electron chi connectivity index (χ1n) is 13.2. The van der Waals surface area contributed by atoms with Crippen molar-refractivity contribution < 1.29 is 14.6 Å². The molecule has 1 saturated heterocycles. The minimum absolute atomic E-state index is 0.0384. The average molecular weight is 493 g/mol. The molecule has 1 N–H and O–H groups in total. The van der Waals surface area contributed by atoms with Crippen LogP contribution < -0.4 is 4.74 Å². The van der Waals surface area contributed by atoms with E-state index in [1.165, 1.54) is 22.3 Å². The van der Waals surface area contributed by atoms with Gasteiger partial charge >= 0.3 is 0 Å². The van der Waals surface area contributed by atoms with E-state index >= 15 is 0 Å². The fraction of sp³-hybridized carbons (Fsp3) is 0.312. The number of rotatable bonds is 7. The number of fused-ring (bicyclic) bond motifs is 3. The van der Waals surface area contributed by atoms with Crippen LogP contribution in [0.3, 0.4) is 0 Å². The number of likely N-dealkylation sites (tertiary alicyclic amines) is 1. The Labute approximate surface area is 217 Å². The van der Waals surface area contributed by atoms with Gasteiger partial charge in [0.2, 0.25) is 0 Å². The van der Waals surface area contributed by atoms with Gasteiger partial charge < -0.3 is 14.7 Å². The summed E-state index contributed by atoms with van der Waals surface area (Å²) in [5.74, 6) is 1.06. The second kappa shape index (κ2) is 10.4. The number of carbonyl (C=O) groups is 1. The van der Waals surface area contributed by atoms with Gasteiger partial charge in [-0.1, -0.05) is 48.5 Å². The Bertz CT molecular complexity index is 1420. The van der Waals surface area contributed by atoms with Crippen molar-refractivity contribution in [1.29, 1.82) is 0 Å². The molecule has 1 aromatic heterocycles. The number of nitrogens with zero attached hydrogens (tertiary/aromatic N) is 2. The summed E-state index contributed by atoms with van der Waals surface area (Å²) < 4.78 is 5.95. The molecule has 5 heteroatoms. The highest BCUT2D eigenvalue weighted by Gasteiger charge is 2.29. The molecule has 0 amide bonds. The van der Waals surface area contributed by atoms with Crippen molar-refractivity contribution in [3.05, 3.63) is 107 Å². The SMILES string of the molecule is O=C(c1cccc2c1Cc1ccccc1C2)C1CCN(CC(O)COc2cccc3ncccc23)CC1. The van der Waals surface area contributed by atoms with Crippen LogP contribution in [-0.2, 0) is 12.8 Å². The number of β-amino-alcohol motifs (C(OH)–C–C–N with tert-alkyl or cyclic N) is 1. The summed E-state index contributed by atoms with van der Waals surface area (Å²) in [7, 11) is 0. The molecule has 5 nitrogen and oxygen atoms in total. The number of hydrogen-bond acceptors (Lipinski definition) is 5. The number of Topliss-reactive ketones (excluding diaryl/α,β-unsaturated/α-hetero) is 1. The molecule has 1 atom stereocenters. The molecule has 0 radical (unpaired) electrons. The Morgan fingerprint density at radius 2 is 1.68 bits per heavy atom. The smallest absolute Gasteiger partial charge is 0.166 e. The van der Waals surface area contributed by atoms with Crippen LogP contribution in [0.25, 0.3) is 10.9 Å². The Morgan fingerprint density at radius 1 is 0.919 bits per heavy atom. The maximum atomic E-state index is 13.6. The van der Waals surface area contributed by atoms with Crippen LogP contribution in [0.15, 0.2) is 79.0 Å². The van der Waals surface area contributed by atoms with E-state index in [-0.39, 0.29) is 18.3 Å². The van der Waals surface area contributed by atoms with Crippen LogP contribution in [-0.4, -0.2) is 53.1 Å². The molecule has 1 aliphatic carbocycles. The van der Waals surface area contributed by atoms with Gasteiger partial charge in [0.05, 0.1) is 5.52 Å². The molecule has 0 bridgehead atoms. The first-order valence-corrected chi connectivity index (χ1v) is 13.2. The van der Waals surface area contributed by atoms with Crippen LogP contribution >= 0.6 is 0 Å². The first kappa shape index (κ1) is 23.8. The van der Waals surface area contributed by atoms with Crippen molar-refractivity contribution in [3.8, 4) is 5.75 Å². The summed E-state index contributed by atoms with van der Waals surface area (Å²) in [6, 6.07) is 24.4. The topological polar surface area (TPSA) is 62.7 Å². The van der Waals surface area contributed by atoms with Crippen molar-refractivity contribution in [3.63, 3.8) is 0 Å². The monoisotopic (exact) mass is 492 g/mol. The molecule has 3 aromatic carbocycles. The number of aromatic nitrogens is 1. The number of ether oxygens (including phenoxy) is 1. The molecule has 37 heavy (non-hydrogen) atoms. The zero-order chi connectivity index (χ0) is 25.2. The average Bonchev–Trinajstić information content (AvgIpc) is 2.94. The molecule has 2 heterocycles. The lowest BCUT2D eigenvalue weighted by Crippen LogP contribution is -2.42. The molecule has 4 aromatic rings. The molecule has 188 valence electrons. The molecule has 0 spiro atoms. The molecular formula is C32H32N2O3. The number of hydrogen-bond donors (Lipinski definition) is 1. The Hall–Kier alpha value is -3.54. The quantitative estimate of drug-likeness (QED) is 0.322. The third kappa shape index (κ3) is 5.02. The largest absolute Gasteiger partial charge is 0.490 e. The lowest BCUT2D eigenvalue weighted by Gasteiger charge is -2.33. The highest BCUT2D eigenvalue weighted by Crippen LogP contribution is 2.32. The Kier molecular flexibility index (Phi) is 6.73. The van der Waals surface area contributed by atoms with E-state index < -0.39 is 6.10 Å². The van der Waals surface area contributed by atoms with Crippen molar-refractivity contribution in [1.82, 2.24) is 9.88 Å². The van der Waals surface area contributed by atoms with Gasteiger partial charge in [-0.2, -0.15) is 0 Å². The Balaban J connectivity index is 1.04. The maximum absolute atomic E-state index is 13.6. The summed E-state index contributed by atoms with van der Waals surface area (Å²) in [6.45, 7) is 2.39. The maximum Gasteiger partial charge on any atom is 0.166 e. The normalized spacial score (nSPS) is 16.7. The molecule has 1 fully saturated rings. The van der Waals surface area contributed by atoms with Crippen molar-refractivity contribution in [2.24, 2.45) is 5.92 Å². The van der Waals surface area contributed by atoms with Crippen LogP contribution in [0.1, 0.15) is 45.5 Å². The van der Waals surface area contributed by atoms with Crippen LogP contribution in [0.4, 0.5) is 0 Å². The number of piperidine rings is 1. The highest BCUT2D eigenvalue weighted by molar-refractivity contribution is 5.99. The third-order valence-corrected chi connectivity index (χ3v) is 7.87. The zero-order valence-corrected chi connectivity index (χ0v) is 21.0. The van der Waals surface area contributed by atoms with Crippen molar-refractivity contribution >= 4 is 16.7 Å². The van der Waals surface area contributed by atoms with Crippen LogP contribution in [0.5, 0.6) is 5.75 Å². The van der Waals surface area contributed by atoms with E-state index in [1.807, 2.05) is 42.5 Å². The minimum Gasteiger partial charge on any atom is -0.490 e. The van der Waals surface area contributed by atoms with E-state index in [2.05, 4.69) is 40.2 Å². The molecule has 1 unspecified atom stereocenters. The number of aliphatic hydroxyl groups is 1. The van der Waals surface area contributed by atoms with E-state index in [9.17, 15) is 9.90 Å². The first-order chi connectivity index (χ1) is 18.2. The van der Waals surface area contributed by atoms with Crippen molar-refractivity contribution in [2.45, 2.75) is 31.8 Å². The van der Waals surface area contributed by atoms with E-state index in [0.29, 0.717) is 6.54 Å². The second-order valence-corrected chi connectivity index (χ2v) is 10.3. The predicted molar refractivity (Wildman–Crippen MR) is 145 cm³/mol. The fourth-order valence-electron chi connectivity index (χ4n) is 5.87. The number of benzene rings is 3. The summed E-state index contributed by atoms with van der Waals surface area (Å²) in [5.41, 5.74) is 6.99. The predicted octanol–water partition coefficient (Wildman–Crippen LogP) is 5.06. The summed E-state index contributed by atoms with van der Waals surface area (Å²) in [4.78, 5) is 20.2. The number of pyridine rings is 1. The van der Waals surface area contributed by atoms with Gasteiger partial charge in [0.25, 0.3) is 0 Å². The lowest BCUT2D eigenvalue weighted by molar-refractivity contribution is 0.0527. The van der Waals surface area contributed by atoms with Gasteiger partial charge in [-0.05, 0) is 85.3 Å². The van der Waals surface area contributed by atoms with Gasteiger partial charge in [0.15, 0.2) is 5.78 Å². The zero-order valence-electron chi connectivity index (χ0n) is 21.0. The number of ketones is 1. The van der Waals surface area contributed by atoms with Gasteiger partial charge in [-0.15, -0.1) is 0 Å². The second-order valence-electron chi connectivity index (χ2n) is 10.3. The number of aliphatic hydroxyl groups excluding tert-OH is 1.